The van der Waals surface area contributed by atoms with E-state index in [4.69, 9.17) is 4.74 Å². The molecule has 6 heteroatoms. The zero-order valence-corrected chi connectivity index (χ0v) is 29.1. The van der Waals surface area contributed by atoms with Gasteiger partial charge in [0.2, 0.25) is 0 Å². The van der Waals surface area contributed by atoms with E-state index < -0.39 is 0 Å². The van der Waals surface area contributed by atoms with Gasteiger partial charge in [-0.15, -0.1) is 0 Å². The summed E-state index contributed by atoms with van der Waals surface area (Å²) < 4.78 is 19.7. The summed E-state index contributed by atoms with van der Waals surface area (Å²) in [6, 6.07) is 20.6. The average molecular weight is 666 g/mol. The van der Waals surface area contributed by atoms with Crippen molar-refractivity contribution in [2.24, 2.45) is 0 Å². The number of rotatable bonds is 23. The van der Waals surface area contributed by atoms with Crippen LogP contribution in [0.5, 0.6) is 5.75 Å². The van der Waals surface area contributed by atoms with E-state index in [1.165, 1.54) is 126 Å². The zero-order chi connectivity index (χ0) is 34.7. The van der Waals surface area contributed by atoms with Crippen LogP contribution in [0.1, 0.15) is 137 Å². The summed E-state index contributed by atoms with van der Waals surface area (Å²) in [5.41, 5.74) is 2.86. The van der Waals surface area contributed by atoms with Gasteiger partial charge in [-0.05, 0) is 78.6 Å². The highest BCUT2D eigenvalue weighted by Crippen LogP contribution is 2.30. The van der Waals surface area contributed by atoms with Crippen molar-refractivity contribution in [2.45, 2.75) is 116 Å². The number of halogens is 1. The Balaban J connectivity index is 1.26. The van der Waals surface area contributed by atoms with Gasteiger partial charge in [0.1, 0.15) is 17.7 Å². The highest BCUT2D eigenvalue weighted by molar-refractivity contribution is 6.28. The van der Waals surface area contributed by atoms with Crippen molar-refractivity contribution in [3.63, 3.8) is 0 Å². The van der Waals surface area contributed by atoms with Crippen molar-refractivity contribution in [1.82, 2.24) is 0 Å². The lowest BCUT2D eigenvalue weighted by molar-refractivity contribution is -0.120. The molecule has 49 heavy (non-hydrogen) atoms. The molecule has 5 nitrogen and oxygen atoms in total. The van der Waals surface area contributed by atoms with Gasteiger partial charge in [-0.3, -0.25) is 14.4 Å². The third-order valence-electron chi connectivity index (χ3n) is 9.12. The van der Waals surface area contributed by atoms with Crippen LogP contribution in [0.25, 0.3) is 6.08 Å². The summed E-state index contributed by atoms with van der Waals surface area (Å²) in [6.45, 7) is 2.27. The van der Waals surface area contributed by atoms with E-state index in [2.05, 4.69) is 6.92 Å². The van der Waals surface area contributed by atoms with Crippen molar-refractivity contribution in [3.8, 4) is 5.75 Å². The molecule has 3 aromatic rings. The molecule has 260 valence electrons. The Bertz CT molecular complexity index is 1490. The number of amides is 2. The molecule has 1 aliphatic heterocycles. The minimum Gasteiger partial charge on any atom is -0.486 e. The van der Waals surface area contributed by atoms with Crippen molar-refractivity contribution < 1.29 is 23.5 Å². The smallest absolute Gasteiger partial charge is 0.258 e. The van der Waals surface area contributed by atoms with E-state index >= 15 is 0 Å². The molecule has 0 N–H and O–H groups in total. The minimum absolute atomic E-state index is 0.177. The maximum atomic E-state index is 13.2. The second kappa shape index (κ2) is 20.9. The molecule has 0 fully saturated rings. The first-order chi connectivity index (χ1) is 23.9. The maximum Gasteiger partial charge on any atom is 0.258 e. The van der Waals surface area contributed by atoms with Crippen molar-refractivity contribution in [2.75, 3.05) is 4.90 Å². The van der Waals surface area contributed by atoms with Crippen LogP contribution in [-0.4, -0.2) is 17.6 Å². The van der Waals surface area contributed by atoms with E-state index in [1.54, 1.807) is 30.3 Å². The molecule has 1 aliphatic rings. The molecule has 2 amide bonds. The monoisotopic (exact) mass is 665 g/mol. The first kappa shape index (κ1) is 37.5. The molecule has 0 spiro atoms. The summed E-state index contributed by atoms with van der Waals surface area (Å²) in [7, 11) is 0. The largest absolute Gasteiger partial charge is 0.486 e. The van der Waals surface area contributed by atoms with Crippen molar-refractivity contribution >= 4 is 29.4 Å². The second-order valence-electron chi connectivity index (χ2n) is 13.1. The minimum atomic E-state index is -0.373. The number of allylic oxidation sites excluding steroid dienone is 1. The lowest BCUT2D eigenvalue weighted by Gasteiger charge is -2.21. The molecule has 3 aromatic carbocycles. The van der Waals surface area contributed by atoms with Gasteiger partial charge < -0.3 is 4.74 Å². The molecular formula is C43H52FNO4. The van der Waals surface area contributed by atoms with Crippen LogP contribution in [0.4, 0.5) is 10.1 Å². The third kappa shape index (κ3) is 12.9. The molecule has 0 aromatic heterocycles. The van der Waals surface area contributed by atoms with Crippen LogP contribution < -0.4 is 9.64 Å². The number of anilines is 1. The molecule has 0 saturated carbocycles. The molecular weight excluding hydrogens is 613 g/mol. The number of ether oxygens (including phenoxy) is 1. The standard InChI is InChI=1S/C43H52FNO4/c1-2-3-4-5-6-7-8-9-10-11-12-13-14-15-16-17-41(49-39-29-27-38(28-30-39)45-42(47)32-33-43(45)48)36-21-18-34(19-22-36)20-31-40(46)35-23-25-37(44)26-24-35/h18-33,41H,2-17H2,1H3. The van der Waals surface area contributed by atoms with Crippen LogP contribution in [0, 0.1) is 5.82 Å². The zero-order valence-electron chi connectivity index (χ0n) is 29.1. The van der Waals surface area contributed by atoms with E-state index in [9.17, 15) is 18.8 Å². The van der Waals surface area contributed by atoms with Gasteiger partial charge in [0.25, 0.3) is 11.8 Å². The summed E-state index contributed by atoms with van der Waals surface area (Å²) in [5, 5.41) is 0. The van der Waals surface area contributed by atoms with Gasteiger partial charge in [-0.2, -0.15) is 0 Å². The van der Waals surface area contributed by atoms with Gasteiger partial charge in [-0.1, -0.05) is 127 Å². The second-order valence-corrected chi connectivity index (χ2v) is 13.1. The fourth-order valence-electron chi connectivity index (χ4n) is 6.19. The predicted octanol–water partition coefficient (Wildman–Crippen LogP) is 11.5. The van der Waals surface area contributed by atoms with Gasteiger partial charge in [0.15, 0.2) is 5.78 Å². The summed E-state index contributed by atoms with van der Waals surface area (Å²) in [6.07, 6.45) is 26.2. The average Bonchev–Trinajstić information content (AvgIpc) is 3.46. The van der Waals surface area contributed by atoms with E-state index in [-0.39, 0.29) is 29.5 Å². The van der Waals surface area contributed by atoms with Crippen molar-refractivity contribution in [3.05, 3.63) is 114 Å². The fourth-order valence-corrected chi connectivity index (χ4v) is 6.19. The van der Waals surface area contributed by atoms with E-state index in [0.29, 0.717) is 17.0 Å². The number of carbonyl (C=O) groups excluding carboxylic acids is 3. The number of hydrogen-bond donors (Lipinski definition) is 0. The third-order valence-corrected chi connectivity index (χ3v) is 9.12. The Labute approximate surface area is 292 Å². The van der Waals surface area contributed by atoms with Crippen LogP contribution >= 0.6 is 0 Å². The van der Waals surface area contributed by atoms with Crippen LogP contribution in [0.15, 0.2) is 91.0 Å². The Hall–Kier alpha value is -4.32. The number of unbranched alkanes of at least 4 members (excludes halogenated alkanes) is 14. The highest BCUT2D eigenvalue weighted by Gasteiger charge is 2.25. The number of benzene rings is 3. The Kier molecular flexibility index (Phi) is 16.0. The number of carbonyl (C=O) groups is 3. The predicted molar refractivity (Wildman–Crippen MR) is 197 cm³/mol. The van der Waals surface area contributed by atoms with Gasteiger partial charge in [-0.25, -0.2) is 9.29 Å². The van der Waals surface area contributed by atoms with Crippen molar-refractivity contribution in [1.29, 1.82) is 0 Å². The molecule has 1 atom stereocenters. The normalized spacial score (nSPS) is 13.5. The lowest BCUT2D eigenvalue weighted by atomic mass is 9.99. The van der Waals surface area contributed by atoms with E-state index in [0.717, 1.165) is 35.3 Å². The molecule has 1 heterocycles. The number of hydrogen-bond acceptors (Lipinski definition) is 4. The molecule has 4 rings (SSSR count). The highest BCUT2D eigenvalue weighted by atomic mass is 19.1. The quantitative estimate of drug-likeness (QED) is 0.0438. The lowest BCUT2D eigenvalue weighted by Crippen LogP contribution is -2.29. The van der Waals surface area contributed by atoms with E-state index in [1.807, 2.05) is 24.3 Å². The summed E-state index contributed by atoms with van der Waals surface area (Å²) >= 11 is 0. The first-order valence-corrected chi connectivity index (χ1v) is 18.4. The van der Waals surface area contributed by atoms with Crippen LogP contribution in [0.3, 0.4) is 0 Å². The fraction of sp³-hybridized carbons (Fsp3) is 0.419. The number of imide groups is 1. The molecule has 0 radical (unpaired) electrons. The Morgan fingerprint density at radius 2 is 1.18 bits per heavy atom. The number of nitrogens with zero attached hydrogens (tertiary/aromatic N) is 1. The van der Waals surface area contributed by atoms with Crippen LogP contribution in [-0.2, 0) is 9.59 Å². The van der Waals surface area contributed by atoms with Crippen LogP contribution in [0.2, 0.25) is 0 Å². The molecule has 0 bridgehead atoms. The summed E-state index contributed by atoms with van der Waals surface area (Å²) in [4.78, 5) is 37.8. The topological polar surface area (TPSA) is 63.7 Å². The number of ketones is 1. The maximum absolute atomic E-state index is 13.2. The van der Waals surface area contributed by atoms with Gasteiger partial charge in [0.05, 0.1) is 5.69 Å². The molecule has 0 aliphatic carbocycles. The first-order valence-electron chi connectivity index (χ1n) is 18.4. The Morgan fingerprint density at radius 1 is 0.673 bits per heavy atom. The van der Waals surface area contributed by atoms with Gasteiger partial charge in [0, 0.05) is 17.7 Å². The molecule has 0 saturated heterocycles. The molecule has 1 unspecified atom stereocenters. The Morgan fingerprint density at radius 3 is 1.71 bits per heavy atom. The SMILES string of the molecule is CCCCCCCCCCCCCCCCCC(Oc1ccc(N2C(=O)C=CC2=O)cc1)c1ccc(C=CC(=O)c2ccc(F)cc2)cc1. The van der Waals surface area contributed by atoms with Gasteiger partial charge >= 0.3 is 0 Å². The summed E-state index contributed by atoms with van der Waals surface area (Å²) in [5.74, 6) is -0.593.